The Morgan fingerprint density at radius 3 is 2.82 bits per heavy atom. The van der Waals surface area contributed by atoms with Gasteiger partial charge in [-0.05, 0) is 38.0 Å². The fourth-order valence-electron chi connectivity index (χ4n) is 3.17. The third-order valence-corrected chi connectivity index (χ3v) is 6.92. The Labute approximate surface area is 171 Å². The first kappa shape index (κ1) is 21.0. The quantitative estimate of drug-likeness (QED) is 0.653. The van der Waals surface area contributed by atoms with Crippen molar-refractivity contribution in [2.45, 2.75) is 32.4 Å². The minimum atomic E-state index is -3.50. The van der Waals surface area contributed by atoms with Gasteiger partial charge >= 0.3 is 5.97 Å². The van der Waals surface area contributed by atoms with Crippen LogP contribution in [0, 0.1) is 0 Å². The highest BCUT2D eigenvalue weighted by molar-refractivity contribution is 7.88. The van der Waals surface area contributed by atoms with E-state index in [4.69, 9.17) is 16.3 Å². The molecule has 28 heavy (non-hydrogen) atoms. The summed E-state index contributed by atoms with van der Waals surface area (Å²) in [5, 5.41) is 0.522. The number of sulfonamides is 1. The largest absolute Gasteiger partial charge is 0.465 e. The van der Waals surface area contributed by atoms with E-state index in [2.05, 4.69) is 4.99 Å². The van der Waals surface area contributed by atoms with Gasteiger partial charge in [0.25, 0.3) is 5.91 Å². The predicted octanol–water partition coefficient (Wildman–Crippen LogP) is 1.77. The Balaban J connectivity index is 2.05. The van der Waals surface area contributed by atoms with Gasteiger partial charge in [0.2, 0.25) is 10.0 Å². The molecule has 0 saturated carbocycles. The first-order valence-electron chi connectivity index (χ1n) is 8.70. The summed E-state index contributed by atoms with van der Waals surface area (Å²) in [6.07, 6.45) is 2.11. The number of carbonyl (C=O) groups excluding carboxylic acids is 2. The molecule has 1 unspecified atom stereocenters. The number of hydrogen-bond donors (Lipinski definition) is 0. The minimum absolute atomic E-state index is 0.109. The van der Waals surface area contributed by atoms with E-state index in [9.17, 15) is 18.0 Å². The van der Waals surface area contributed by atoms with Crippen LogP contribution < -0.4 is 4.80 Å². The molecule has 1 atom stereocenters. The van der Waals surface area contributed by atoms with Crippen LogP contribution in [0.3, 0.4) is 0 Å². The second-order valence-electron chi connectivity index (χ2n) is 6.37. The highest BCUT2D eigenvalue weighted by Gasteiger charge is 2.36. The predicted molar refractivity (Wildman–Crippen MR) is 107 cm³/mol. The molecular weight excluding hydrogens is 426 g/mol. The summed E-state index contributed by atoms with van der Waals surface area (Å²) >= 11 is 7.26. The zero-order valence-corrected chi connectivity index (χ0v) is 17.8. The molecule has 2 aromatic rings. The molecule has 0 radical (unpaired) electrons. The number of nitrogens with zero attached hydrogens (tertiary/aromatic N) is 3. The number of rotatable bonds is 5. The van der Waals surface area contributed by atoms with Gasteiger partial charge in [-0.2, -0.15) is 9.30 Å². The number of fused-ring (bicyclic) bond motifs is 1. The number of aromatic nitrogens is 1. The van der Waals surface area contributed by atoms with E-state index in [0.717, 1.165) is 11.0 Å². The number of amides is 1. The number of halogens is 1. The molecule has 0 bridgehead atoms. The second-order valence-corrected chi connectivity index (χ2v) is 9.75. The van der Waals surface area contributed by atoms with E-state index in [1.165, 1.54) is 15.6 Å². The first-order valence-corrected chi connectivity index (χ1v) is 11.7. The van der Waals surface area contributed by atoms with Gasteiger partial charge in [0.1, 0.15) is 12.6 Å². The third kappa shape index (κ3) is 4.45. The lowest BCUT2D eigenvalue weighted by Gasteiger charge is -2.18. The van der Waals surface area contributed by atoms with Crippen LogP contribution in [0.2, 0.25) is 5.02 Å². The summed E-state index contributed by atoms with van der Waals surface area (Å²) < 4.78 is 32.4. The Bertz CT molecular complexity index is 1090. The van der Waals surface area contributed by atoms with Crippen molar-refractivity contribution in [3.8, 4) is 0 Å². The van der Waals surface area contributed by atoms with Crippen LogP contribution in [-0.2, 0) is 30.9 Å². The summed E-state index contributed by atoms with van der Waals surface area (Å²) in [5.41, 5.74) is 0.695. The minimum Gasteiger partial charge on any atom is -0.465 e. The standard InChI is InChI=1S/C17H20ClN3O5S2/c1-3-26-15(22)10-20-12-7-6-11(18)9-14(12)27-17(20)19-16(23)13-5-4-8-21(13)28(2,24)25/h6-7,9,13H,3-5,8,10H2,1-2H3. The number of benzene rings is 1. The summed E-state index contributed by atoms with van der Waals surface area (Å²) in [6, 6.07) is 4.34. The lowest BCUT2D eigenvalue weighted by molar-refractivity contribution is -0.143. The summed E-state index contributed by atoms with van der Waals surface area (Å²) in [4.78, 5) is 29.2. The topological polar surface area (TPSA) is 98.0 Å². The van der Waals surface area contributed by atoms with E-state index in [0.29, 0.717) is 34.7 Å². The molecule has 1 aliphatic heterocycles. The van der Waals surface area contributed by atoms with Crippen molar-refractivity contribution >= 4 is 55.1 Å². The number of esters is 1. The van der Waals surface area contributed by atoms with Crippen LogP contribution >= 0.6 is 22.9 Å². The maximum Gasteiger partial charge on any atom is 0.326 e. The van der Waals surface area contributed by atoms with Gasteiger partial charge in [0.05, 0.1) is 23.1 Å². The van der Waals surface area contributed by atoms with Crippen molar-refractivity contribution < 1.29 is 22.7 Å². The number of ether oxygens (including phenoxy) is 1. The molecule has 1 aromatic carbocycles. The van der Waals surface area contributed by atoms with Gasteiger partial charge in [-0.15, -0.1) is 0 Å². The Hall–Kier alpha value is -1.75. The molecule has 1 aliphatic rings. The molecule has 1 amide bonds. The molecule has 0 aliphatic carbocycles. The van der Waals surface area contributed by atoms with Crippen molar-refractivity contribution in [3.05, 3.63) is 28.0 Å². The van der Waals surface area contributed by atoms with E-state index in [1.54, 1.807) is 29.7 Å². The van der Waals surface area contributed by atoms with Crippen molar-refractivity contribution in [3.63, 3.8) is 0 Å². The Morgan fingerprint density at radius 1 is 1.39 bits per heavy atom. The SMILES string of the molecule is CCOC(=O)Cn1c(=NC(=O)C2CCCN2S(C)(=O)=O)sc2cc(Cl)ccc21. The monoisotopic (exact) mass is 445 g/mol. The fraction of sp³-hybridized carbons (Fsp3) is 0.471. The molecule has 1 fully saturated rings. The van der Waals surface area contributed by atoms with E-state index >= 15 is 0 Å². The fourth-order valence-corrected chi connectivity index (χ4v) is 5.60. The van der Waals surface area contributed by atoms with Gasteiger partial charge < -0.3 is 9.30 Å². The van der Waals surface area contributed by atoms with Gasteiger partial charge in [-0.1, -0.05) is 22.9 Å². The van der Waals surface area contributed by atoms with Crippen LogP contribution in [-0.4, -0.2) is 54.6 Å². The molecular formula is C17H20ClN3O5S2. The lowest BCUT2D eigenvalue weighted by atomic mass is 10.2. The van der Waals surface area contributed by atoms with Crippen molar-refractivity contribution in [1.29, 1.82) is 0 Å². The second kappa shape index (κ2) is 8.32. The summed E-state index contributed by atoms with van der Waals surface area (Å²) in [5.74, 6) is -0.997. The van der Waals surface area contributed by atoms with Crippen LogP contribution in [0.4, 0.5) is 0 Å². The summed E-state index contributed by atoms with van der Waals surface area (Å²) in [6.45, 7) is 2.14. The van der Waals surface area contributed by atoms with E-state index in [-0.39, 0.29) is 13.2 Å². The maximum absolute atomic E-state index is 12.8. The zero-order valence-electron chi connectivity index (χ0n) is 15.4. The summed E-state index contributed by atoms with van der Waals surface area (Å²) in [7, 11) is -3.50. The van der Waals surface area contributed by atoms with Crippen molar-refractivity contribution in [2.75, 3.05) is 19.4 Å². The third-order valence-electron chi connectivity index (χ3n) is 4.36. The highest BCUT2D eigenvalue weighted by atomic mass is 35.5. The molecule has 11 heteroatoms. The van der Waals surface area contributed by atoms with E-state index < -0.39 is 27.9 Å². The van der Waals surface area contributed by atoms with Gasteiger partial charge in [0, 0.05) is 11.6 Å². The molecule has 2 heterocycles. The molecule has 3 rings (SSSR count). The average Bonchev–Trinajstić information content (AvgIpc) is 3.20. The van der Waals surface area contributed by atoms with Crippen LogP contribution in [0.5, 0.6) is 0 Å². The van der Waals surface area contributed by atoms with Crippen LogP contribution in [0.1, 0.15) is 19.8 Å². The molecule has 8 nitrogen and oxygen atoms in total. The average molecular weight is 446 g/mol. The van der Waals surface area contributed by atoms with Crippen LogP contribution in [0.25, 0.3) is 10.2 Å². The smallest absolute Gasteiger partial charge is 0.326 e. The van der Waals surface area contributed by atoms with Crippen molar-refractivity contribution in [1.82, 2.24) is 8.87 Å². The Kier molecular flexibility index (Phi) is 6.23. The van der Waals surface area contributed by atoms with Crippen molar-refractivity contribution in [2.24, 2.45) is 4.99 Å². The number of hydrogen-bond acceptors (Lipinski definition) is 6. The van der Waals surface area contributed by atoms with E-state index in [1.807, 2.05) is 0 Å². The molecule has 1 aromatic heterocycles. The highest BCUT2D eigenvalue weighted by Crippen LogP contribution is 2.23. The maximum atomic E-state index is 12.8. The molecule has 0 N–H and O–H groups in total. The van der Waals surface area contributed by atoms with Crippen LogP contribution in [0.15, 0.2) is 23.2 Å². The Morgan fingerprint density at radius 2 is 2.14 bits per heavy atom. The molecule has 1 saturated heterocycles. The van der Waals surface area contributed by atoms with Gasteiger partial charge in [-0.3, -0.25) is 9.59 Å². The lowest BCUT2D eigenvalue weighted by Crippen LogP contribution is -2.40. The van der Waals surface area contributed by atoms with Gasteiger partial charge in [-0.25, -0.2) is 8.42 Å². The molecule has 0 spiro atoms. The normalized spacial score (nSPS) is 18.7. The molecule has 152 valence electrons. The number of thiazole rings is 1. The first-order chi connectivity index (χ1) is 13.2. The zero-order chi connectivity index (χ0) is 20.5. The van der Waals surface area contributed by atoms with Gasteiger partial charge in [0.15, 0.2) is 4.80 Å². The number of carbonyl (C=O) groups is 2.